The topological polar surface area (TPSA) is 184 Å². The molecule has 0 aromatic heterocycles. The number of primary amides is 1. The number of ketones is 2. The van der Waals surface area contributed by atoms with E-state index in [-0.39, 0.29) is 42.7 Å². The molecule has 0 fully saturated rings. The lowest BCUT2D eigenvalue weighted by Gasteiger charge is -2.45. The van der Waals surface area contributed by atoms with E-state index in [9.17, 15) is 34.8 Å². The van der Waals surface area contributed by atoms with Crippen molar-refractivity contribution in [3.8, 4) is 5.75 Å². The first-order chi connectivity index (χ1) is 13.6. The van der Waals surface area contributed by atoms with E-state index in [4.69, 9.17) is 11.5 Å². The molecule has 9 heteroatoms. The number of carbonyl (C=O) groups is 3. The smallest absolute Gasteiger partial charge is 0.255 e. The predicted octanol–water partition coefficient (Wildman–Crippen LogP) is 0.0392. The summed E-state index contributed by atoms with van der Waals surface area (Å²) in [6, 6.07) is 3.30. The van der Waals surface area contributed by atoms with E-state index in [1.165, 1.54) is 0 Å². The molecule has 0 unspecified atom stereocenters. The van der Waals surface area contributed by atoms with Crippen molar-refractivity contribution in [2.24, 2.45) is 23.3 Å². The summed E-state index contributed by atoms with van der Waals surface area (Å²) in [5.74, 6) is -6.33. The SMILES string of the molecule is NCc1ccc2c(c1O)C(=O)C1=C(O)[C@]3(O)C(=O)C(C(N)=O)=C(O)C[C@@H]3C[C@@H]1C2. The molecule has 8 N–H and O–H groups in total. The zero-order valence-corrected chi connectivity index (χ0v) is 15.3. The van der Waals surface area contributed by atoms with Crippen LogP contribution in [0.25, 0.3) is 0 Å². The van der Waals surface area contributed by atoms with Crippen molar-refractivity contribution in [3.63, 3.8) is 0 Å². The van der Waals surface area contributed by atoms with Crippen LogP contribution in [0.5, 0.6) is 5.75 Å². The number of nitrogens with two attached hydrogens (primary N) is 2. The Morgan fingerprint density at radius 1 is 1.17 bits per heavy atom. The fourth-order valence-corrected chi connectivity index (χ4v) is 4.80. The molecule has 9 nitrogen and oxygen atoms in total. The van der Waals surface area contributed by atoms with Gasteiger partial charge in [0, 0.05) is 30.0 Å². The van der Waals surface area contributed by atoms with Gasteiger partial charge in [-0.3, -0.25) is 14.4 Å². The van der Waals surface area contributed by atoms with Crippen LogP contribution in [-0.2, 0) is 22.6 Å². The molecule has 1 amide bonds. The molecule has 1 aromatic rings. The third kappa shape index (κ3) is 2.37. The average Bonchev–Trinajstić information content (AvgIpc) is 2.64. The van der Waals surface area contributed by atoms with Gasteiger partial charge in [-0.15, -0.1) is 0 Å². The number of hydrogen-bond acceptors (Lipinski definition) is 8. The van der Waals surface area contributed by atoms with Crippen molar-refractivity contribution in [1.82, 2.24) is 0 Å². The number of fused-ring (bicyclic) bond motifs is 3. The van der Waals surface area contributed by atoms with Crippen LogP contribution in [0.3, 0.4) is 0 Å². The number of aliphatic hydroxyl groups excluding tert-OH is 2. The Kier molecular flexibility index (Phi) is 4.07. The van der Waals surface area contributed by atoms with Crippen molar-refractivity contribution in [1.29, 1.82) is 0 Å². The number of benzene rings is 1. The molecule has 0 spiro atoms. The lowest BCUT2D eigenvalue weighted by atomic mass is 9.60. The summed E-state index contributed by atoms with van der Waals surface area (Å²) < 4.78 is 0. The first-order valence-corrected chi connectivity index (χ1v) is 9.14. The number of aliphatic hydroxyl groups is 3. The molecule has 3 aliphatic carbocycles. The molecule has 3 aliphatic rings. The van der Waals surface area contributed by atoms with Crippen molar-refractivity contribution in [2.45, 2.75) is 31.4 Å². The molecular weight excluding hydrogens is 380 g/mol. The molecule has 0 bridgehead atoms. The van der Waals surface area contributed by atoms with E-state index in [0.29, 0.717) is 11.1 Å². The third-order valence-electron chi connectivity index (χ3n) is 6.24. The Morgan fingerprint density at radius 2 is 1.86 bits per heavy atom. The van der Waals surface area contributed by atoms with E-state index >= 15 is 0 Å². The molecule has 0 radical (unpaired) electrons. The predicted molar refractivity (Wildman–Crippen MR) is 98.7 cm³/mol. The molecule has 152 valence electrons. The van der Waals surface area contributed by atoms with Crippen LogP contribution < -0.4 is 11.5 Å². The molecule has 0 saturated carbocycles. The summed E-state index contributed by atoms with van der Waals surface area (Å²) in [6.45, 7) is -0.00259. The van der Waals surface area contributed by atoms with Crippen LogP contribution in [-0.4, -0.2) is 43.5 Å². The van der Waals surface area contributed by atoms with Crippen LogP contribution in [0.4, 0.5) is 0 Å². The van der Waals surface area contributed by atoms with Crippen molar-refractivity contribution in [2.75, 3.05) is 0 Å². The summed E-state index contributed by atoms with van der Waals surface area (Å²) in [5.41, 5.74) is 8.11. The Hall–Kier alpha value is -3.17. The number of carbonyl (C=O) groups excluding carboxylic acids is 3. The molecule has 4 rings (SSSR count). The number of rotatable bonds is 2. The van der Waals surface area contributed by atoms with Crippen molar-refractivity contribution in [3.05, 3.63) is 51.5 Å². The minimum Gasteiger partial charge on any atom is -0.511 e. The van der Waals surface area contributed by atoms with Gasteiger partial charge in [0.25, 0.3) is 5.91 Å². The summed E-state index contributed by atoms with van der Waals surface area (Å²) in [5, 5.41) is 42.5. The summed E-state index contributed by atoms with van der Waals surface area (Å²) >= 11 is 0. The maximum Gasteiger partial charge on any atom is 0.255 e. The van der Waals surface area contributed by atoms with E-state index in [1.54, 1.807) is 12.1 Å². The van der Waals surface area contributed by atoms with Gasteiger partial charge in [-0.05, 0) is 24.3 Å². The molecule has 29 heavy (non-hydrogen) atoms. The highest BCUT2D eigenvalue weighted by Crippen LogP contribution is 2.51. The second-order valence-electron chi connectivity index (χ2n) is 7.72. The molecule has 1 aromatic carbocycles. The van der Waals surface area contributed by atoms with E-state index in [1.807, 2.05) is 0 Å². The van der Waals surface area contributed by atoms with E-state index in [2.05, 4.69) is 0 Å². The number of hydrogen-bond donors (Lipinski definition) is 6. The van der Waals surface area contributed by atoms with Gasteiger partial charge in [0.05, 0.1) is 5.56 Å². The highest BCUT2D eigenvalue weighted by Gasteiger charge is 2.59. The minimum atomic E-state index is -2.54. The summed E-state index contributed by atoms with van der Waals surface area (Å²) in [7, 11) is 0. The quantitative estimate of drug-likeness (QED) is 0.376. The van der Waals surface area contributed by atoms with Crippen molar-refractivity contribution < 1.29 is 34.8 Å². The lowest BCUT2D eigenvalue weighted by molar-refractivity contribution is -0.144. The highest BCUT2D eigenvalue weighted by atomic mass is 16.3. The second-order valence-corrected chi connectivity index (χ2v) is 7.72. The highest BCUT2D eigenvalue weighted by molar-refractivity contribution is 6.24. The zero-order valence-electron chi connectivity index (χ0n) is 15.3. The Balaban J connectivity index is 1.90. The first-order valence-electron chi connectivity index (χ1n) is 9.14. The Bertz CT molecular complexity index is 1060. The minimum absolute atomic E-state index is 0.00259. The fourth-order valence-electron chi connectivity index (χ4n) is 4.80. The van der Waals surface area contributed by atoms with Gasteiger partial charge >= 0.3 is 0 Å². The molecular formula is C20H20N2O7. The van der Waals surface area contributed by atoms with Gasteiger partial charge in [0.2, 0.25) is 5.78 Å². The number of Topliss-reactive ketones (excluding diaryl/α,β-unsaturated/α-hetero) is 2. The third-order valence-corrected chi connectivity index (χ3v) is 6.24. The first kappa shape index (κ1) is 19.2. The van der Waals surface area contributed by atoms with Gasteiger partial charge in [0.1, 0.15) is 22.8 Å². The van der Waals surface area contributed by atoms with Crippen LogP contribution in [0, 0.1) is 11.8 Å². The second kappa shape index (κ2) is 6.16. The van der Waals surface area contributed by atoms with Crippen LogP contribution in [0.15, 0.2) is 34.8 Å². The lowest BCUT2D eigenvalue weighted by Crippen LogP contribution is -2.57. The van der Waals surface area contributed by atoms with Crippen molar-refractivity contribution >= 4 is 17.5 Å². The largest absolute Gasteiger partial charge is 0.511 e. The van der Waals surface area contributed by atoms with Gasteiger partial charge in [-0.25, -0.2) is 0 Å². The summed E-state index contributed by atoms with van der Waals surface area (Å²) in [6.07, 6.45) is 0.155. The molecule has 0 saturated heterocycles. The maximum atomic E-state index is 13.2. The van der Waals surface area contributed by atoms with Crippen LogP contribution >= 0.6 is 0 Å². The van der Waals surface area contributed by atoms with Gasteiger partial charge in [0.15, 0.2) is 11.4 Å². The summed E-state index contributed by atoms with van der Waals surface area (Å²) in [4.78, 5) is 37.5. The van der Waals surface area contributed by atoms with Crippen LogP contribution in [0.1, 0.15) is 34.3 Å². The number of amides is 1. The van der Waals surface area contributed by atoms with Crippen LogP contribution in [0.2, 0.25) is 0 Å². The molecule has 0 heterocycles. The zero-order chi connectivity index (χ0) is 21.2. The standard InChI is InChI=1S/C20H20N2O7/c21-6-8-2-1-7-3-9-4-10-5-11(23)14(19(22)28)18(27)20(10,29)17(26)13(9)16(25)12(7)15(8)24/h1-2,9-10,23-24,26,29H,3-6,21H2,(H2,22,28)/t9-,10-,20-/m0/s1. The monoisotopic (exact) mass is 400 g/mol. The van der Waals surface area contributed by atoms with Gasteiger partial charge in [-0.2, -0.15) is 0 Å². The normalized spacial score (nSPS) is 28.8. The number of allylic oxidation sites excluding steroid dienone is 2. The molecule has 0 aliphatic heterocycles. The number of aromatic hydroxyl groups is 1. The Morgan fingerprint density at radius 3 is 2.48 bits per heavy atom. The molecule has 3 atom stereocenters. The van der Waals surface area contributed by atoms with Gasteiger partial charge < -0.3 is 31.9 Å². The fraction of sp³-hybridized carbons (Fsp3) is 0.350. The number of phenols is 1. The number of phenolic OH excluding ortho intramolecular Hbond substituents is 1. The van der Waals surface area contributed by atoms with E-state index in [0.717, 1.165) is 0 Å². The average molecular weight is 400 g/mol. The van der Waals surface area contributed by atoms with Gasteiger partial charge in [-0.1, -0.05) is 12.1 Å². The maximum absolute atomic E-state index is 13.2. The van der Waals surface area contributed by atoms with E-state index < -0.39 is 52.0 Å². The Labute approximate surface area is 164 Å².